The number of rotatable bonds is 11. The Bertz CT molecular complexity index is 1840. The molecule has 1 atom stereocenters. The quantitative estimate of drug-likeness (QED) is 0.233. The first-order chi connectivity index (χ1) is 21.4. The number of thiazole rings is 1. The van der Waals surface area contributed by atoms with Crippen LogP contribution in [0.2, 0.25) is 0 Å². The normalized spacial score (nSPS) is 14.4. The summed E-state index contributed by atoms with van der Waals surface area (Å²) in [5.74, 6) is 0.195. The molecule has 9 nitrogen and oxygen atoms in total. The molecule has 1 aliphatic rings. The molecule has 1 aliphatic heterocycles. The van der Waals surface area contributed by atoms with Crippen LogP contribution in [0.3, 0.4) is 0 Å². The Morgan fingerprint density at radius 1 is 0.841 bits per heavy atom. The van der Waals surface area contributed by atoms with Gasteiger partial charge in [-0.3, -0.25) is 9.36 Å². The minimum Gasteiger partial charge on any atom is -0.494 e. The van der Waals surface area contributed by atoms with Gasteiger partial charge in [0.25, 0.3) is 5.56 Å². The standard InChI is InChI=1S/C34H32N2O7S/c1-4-40-25-18-14-24(15-19-25)31-29(33(39)42-6-3)30(23-10-8-7-9-11-23)35-34-36(31)32(38)27(44-34)20-22-12-16-26(17-13-22)43-21-28(37)41-5-2/h7-20,31H,4-6,21H2,1-3H3/b27-20-/t31-/m0/s1. The molecule has 4 aromatic rings. The molecule has 0 saturated heterocycles. The highest BCUT2D eigenvalue weighted by Gasteiger charge is 2.35. The Morgan fingerprint density at radius 3 is 2.16 bits per heavy atom. The van der Waals surface area contributed by atoms with Crippen molar-refractivity contribution in [3.05, 3.63) is 121 Å². The van der Waals surface area contributed by atoms with Crippen LogP contribution in [-0.2, 0) is 19.1 Å². The number of aromatic nitrogens is 1. The van der Waals surface area contributed by atoms with Gasteiger partial charge in [0.1, 0.15) is 11.5 Å². The van der Waals surface area contributed by atoms with Gasteiger partial charge in [-0.05, 0) is 62.2 Å². The minimum absolute atomic E-state index is 0.171. The molecule has 0 N–H and O–H groups in total. The molecule has 3 aromatic carbocycles. The molecule has 5 rings (SSSR count). The summed E-state index contributed by atoms with van der Waals surface area (Å²) in [6.07, 6.45) is 1.77. The molecule has 226 valence electrons. The van der Waals surface area contributed by atoms with Crippen molar-refractivity contribution >= 4 is 35.0 Å². The van der Waals surface area contributed by atoms with Crippen LogP contribution in [-0.4, -0.2) is 42.9 Å². The van der Waals surface area contributed by atoms with E-state index in [0.717, 1.165) is 16.7 Å². The van der Waals surface area contributed by atoms with Gasteiger partial charge >= 0.3 is 11.9 Å². The topological polar surface area (TPSA) is 105 Å². The second kappa shape index (κ2) is 14.0. The second-order valence-corrected chi connectivity index (χ2v) is 10.6. The molecule has 44 heavy (non-hydrogen) atoms. The predicted molar refractivity (Wildman–Crippen MR) is 167 cm³/mol. The smallest absolute Gasteiger partial charge is 0.344 e. The molecule has 0 fully saturated rings. The third-order valence-electron chi connectivity index (χ3n) is 6.72. The van der Waals surface area contributed by atoms with Gasteiger partial charge < -0.3 is 18.9 Å². The zero-order valence-corrected chi connectivity index (χ0v) is 25.5. The molecule has 0 radical (unpaired) electrons. The molecule has 2 heterocycles. The van der Waals surface area contributed by atoms with Crippen LogP contribution in [0.25, 0.3) is 11.8 Å². The van der Waals surface area contributed by atoms with E-state index in [1.165, 1.54) is 11.3 Å². The minimum atomic E-state index is -0.781. The third kappa shape index (κ3) is 6.65. The van der Waals surface area contributed by atoms with Crippen molar-refractivity contribution in [2.24, 2.45) is 4.99 Å². The third-order valence-corrected chi connectivity index (χ3v) is 7.70. The summed E-state index contributed by atoms with van der Waals surface area (Å²) in [5, 5.41) is 0. The number of ether oxygens (including phenoxy) is 4. The van der Waals surface area contributed by atoms with Crippen LogP contribution in [0.1, 0.15) is 43.5 Å². The molecule has 1 aromatic heterocycles. The van der Waals surface area contributed by atoms with Crippen molar-refractivity contribution in [2.75, 3.05) is 26.4 Å². The zero-order valence-electron chi connectivity index (χ0n) is 24.6. The summed E-state index contributed by atoms with van der Waals surface area (Å²) in [7, 11) is 0. The van der Waals surface area contributed by atoms with Crippen molar-refractivity contribution in [3.63, 3.8) is 0 Å². The lowest BCUT2D eigenvalue weighted by atomic mass is 9.93. The number of carbonyl (C=O) groups is 2. The highest BCUT2D eigenvalue weighted by atomic mass is 32.1. The lowest BCUT2D eigenvalue weighted by Crippen LogP contribution is -2.40. The zero-order chi connectivity index (χ0) is 31.1. The van der Waals surface area contributed by atoms with Crippen molar-refractivity contribution in [1.29, 1.82) is 0 Å². The molecule has 10 heteroatoms. The second-order valence-electron chi connectivity index (χ2n) is 9.60. The van der Waals surface area contributed by atoms with E-state index >= 15 is 0 Å². The molecule has 0 aliphatic carbocycles. The number of nitrogens with zero attached hydrogens (tertiary/aromatic N) is 2. The van der Waals surface area contributed by atoms with Crippen molar-refractivity contribution in [2.45, 2.75) is 26.8 Å². The Balaban J connectivity index is 1.63. The van der Waals surface area contributed by atoms with E-state index in [0.29, 0.717) is 33.1 Å². The lowest BCUT2D eigenvalue weighted by molar-refractivity contribution is -0.145. The van der Waals surface area contributed by atoms with Crippen molar-refractivity contribution in [3.8, 4) is 11.5 Å². The lowest BCUT2D eigenvalue weighted by Gasteiger charge is -2.26. The summed E-state index contributed by atoms with van der Waals surface area (Å²) in [6, 6.07) is 23.0. The molecule has 0 amide bonds. The van der Waals surface area contributed by atoms with E-state index < -0.39 is 18.0 Å². The van der Waals surface area contributed by atoms with Gasteiger partial charge in [-0.15, -0.1) is 0 Å². The number of carbonyl (C=O) groups excluding carboxylic acids is 2. The fourth-order valence-electron chi connectivity index (χ4n) is 4.83. The van der Waals surface area contributed by atoms with Crippen LogP contribution < -0.4 is 24.4 Å². The number of hydrogen-bond acceptors (Lipinski definition) is 9. The monoisotopic (exact) mass is 612 g/mol. The molecular formula is C34H32N2O7S. The maximum atomic E-state index is 14.1. The van der Waals surface area contributed by atoms with Crippen molar-refractivity contribution in [1.82, 2.24) is 4.57 Å². The van der Waals surface area contributed by atoms with Gasteiger partial charge in [0.05, 0.1) is 41.7 Å². The number of benzene rings is 3. The van der Waals surface area contributed by atoms with E-state index in [1.807, 2.05) is 61.5 Å². The highest BCUT2D eigenvalue weighted by Crippen LogP contribution is 2.35. The fraction of sp³-hybridized carbons (Fsp3) is 0.235. The van der Waals surface area contributed by atoms with E-state index in [1.54, 1.807) is 48.8 Å². The van der Waals surface area contributed by atoms with E-state index in [2.05, 4.69) is 0 Å². The van der Waals surface area contributed by atoms with Gasteiger partial charge in [0, 0.05) is 5.56 Å². The molecular weight excluding hydrogens is 580 g/mol. The maximum absolute atomic E-state index is 14.1. The highest BCUT2D eigenvalue weighted by molar-refractivity contribution is 7.07. The Kier molecular flexibility index (Phi) is 9.71. The summed E-state index contributed by atoms with van der Waals surface area (Å²) in [4.78, 5) is 44.6. The maximum Gasteiger partial charge on any atom is 0.344 e. The fourth-order valence-corrected chi connectivity index (χ4v) is 5.83. The molecule has 0 unspecified atom stereocenters. The number of esters is 2. The van der Waals surface area contributed by atoms with Crippen LogP contribution in [0.15, 0.2) is 94.2 Å². The molecule has 0 saturated carbocycles. The van der Waals surface area contributed by atoms with Crippen molar-refractivity contribution < 1.29 is 28.5 Å². The SMILES string of the molecule is CCOC(=O)COc1ccc(/C=c2\sc3n(c2=O)[C@@H](c2ccc(OCC)cc2)C(C(=O)OCC)=C(c2ccccc2)N=3)cc1. The first-order valence-corrected chi connectivity index (χ1v) is 15.1. The summed E-state index contributed by atoms with van der Waals surface area (Å²) < 4.78 is 23.5. The van der Waals surface area contributed by atoms with Gasteiger partial charge in [0.15, 0.2) is 11.4 Å². The van der Waals surface area contributed by atoms with Gasteiger partial charge in [-0.1, -0.05) is 65.9 Å². The summed E-state index contributed by atoms with van der Waals surface area (Å²) in [6.45, 7) is 6.16. The Hall–Kier alpha value is -4.96. The van der Waals surface area contributed by atoms with E-state index in [-0.39, 0.29) is 31.0 Å². The number of hydrogen-bond donors (Lipinski definition) is 0. The number of fused-ring (bicyclic) bond motifs is 1. The first-order valence-electron chi connectivity index (χ1n) is 14.3. The Morgan fingerprint density at radius 2 is 1.50 bits per heavy atom. The van der Waals surface area contributed by atoms with E-state index in [4.69, 9.17) is 23.9 Å². The van der Waals surface area contributed by atoms with Crippen LogP contribution in [0, 0.1) is 0 Å². The van der Waals surface area contributed by atoms with Crippen LogP contribution >= 0.6 is 11.3 Å². The first kappa shape index (κ1) is 30.5. The largest absolute Gasteiger partial charge is 0.494 e. The van der Waals surface area contributed by atoms with Crippen LogP contribution in [0.4, 0.5) is 0 Å². The van der Waals surface area contributed by atoms with Gasteiger partial charge in [-0.25, -0.2) is 14.6 Å². The average Bonchev–Trinajstić information content (AvgIpc) is 3.35. The molecule has 0 bridgehead atoms. The predicted octanol–water partition coefficient (Wildman–Crippen LogP) is 4.28. The summed E-state index contributed by atoms with van der Waals surface area (Å²) in [5.41, 5.74) is 2.66. The summed E-state index contributed by atoms with van der Waals surface area (Å²) >= 11 is 1.24. The van der Waals surface area contributed by atoms with Gasteiger partial charge in [-0.2, -0.15) is 0 Å². The van der Waals surface area contributed by atoms with Gasteiger partial charge in [0.2, 0.25) is 0 Å². The average molecular weight is 613 g/mol. The molecule has 0 spiro atoms. The van der Waals surface area contributed by atoms with E-state index in [9.17, 15) is 14.4 Å². The Labute approximate surface area is 258 Å². The van der Waals surface area contributed by atoms with Crippen LogP contribution in [0.5, 0.6) is 11.5 Å².